The van der Waals surface area contributed by atoms with E-state index in [1.54, 1.807) is 6.20 Å². The van der Waals surface area contributed by atoms with Crippen molar-refractivity contribution in [2.24, 2.45) is 0 Å². The van der Waals surface area contributed by atoms with Gasteiger partial charge in [0.2, 0.25) is 0 Å². The molecular formula is C13H14N2O2. The first kappa shape index (κ1) is 11.4. The molecule has 0 saturated heterocycles. The summed E-state index contributed by atoms with van der Waals surface area (Å²) in [5.41, 5.74) is 1.82. The van der Waals surface area contributed by atoms with Crippen LogP contribution in [0.1, 0.15) is 13.3 Å². The second-order valence-corrected chi connectivity index (χ2v) is 4.02. The van der Waals surface area contributed by atoms with Gasteiger partial charge in [-0.25, -0.2) is 0 Å². The standard InChI is InChI=1S/C13H14N2O2/c1-9(8-13(16)17)15-12-6-7-14-11-5-3-2-4-10(11)12/h2-7,9H,8H2,1H3,(H,14,15)(H,16,17). The maximum absolute atomic E-state index is 10.6. The number of benzene rings is 1. The van der Waals surface area contributed by atoms with E-state index in [-0.39, 0.29) is 12.5 Å². The van der Waals surface area contributed by atoms with E-state index in [1.165, 1.54) is 0 Å². The summed E-state index contributed by atoms with van der Waals surface area (Å²) in [6.07, 6.45) is 1.81. The van der Waals surface area contributed by atoms with Gasteiger partial charge in [-0.3, -0.25) is 9.78 Å². The van der Waals surface area contributed by atoms with Crippen LogP contribution in [0.2, 0.25) is 0 Å². The summed E-state index contributed by atoms with van der Waals surface area (Å²) < 4.78 is 0. The number of aromatic nitrogens is 1. The summed E-state index contributed by atoms with van der Waals surface area (Å²) in [6.45, 7) is 1.85. The highest BCUT2D eigenvalue weighted by atomic mass is 16.4. The Morgan fingerprint density at radius 1 is 1.41 bits per heavy atom. The predicted octanol–water partition coefficient (Wildman–Crippen LogP) is 2.51. The van der Waals surface area contributed by atoms with Crippen molar-refractivity contribution < 1.29 is 9.90 Å². The van der Waals surface area contributed by atoms with Crippen LogP contribution < -0.4 is 5.32 Å². The number of aliphatic carboxylic acids is 1. The van der Waals surface area contributed by atoms with Crippen LogP contribution in [0.25, 0.3) is 10.9 Å². The van der Waals surface area contributed by atoms with Crippen molar-refractivity contribution in [2.75, 3.05) is 5.32 Å². The molecule has 1 unspecified atom stereocenters. The highest BCUT2D eigenvalue weighted by molar-refractivity contribution is 5.91. The molecule has 1 heterocycles. The number of anilines is 1. The highest BCUT2D eigenvalue weighted by Gasteiger charge is 2.08. The number of carboxylic acids is 1. The van der Waals surface area contributed by atoms with Crippen molar-refractivity contribution in [3.8, 4) is 0 Å². The third-order valence-corrected chi connectivity index (χ3v) is 2.53. The summed E-state index contributed by atoms with van der Waals surface area (Å²) in [5.74, 6) is -0.802. The Hall–Kier alpha value is -2.10. The molecule has 0 fully saturated rings. The lowest BCUT2D eigenvalue weighted by Gasteiger charge is -2.14. The Morgan fingerprint density at radius 2 is 2.18 bits per heavy atom. The van der Waals surface area contributed by atoms with Gasteiger partial charge >= 0.3 is 5.97 Å². The number of hydrogen-bond acceptors (Lipinski definition) is 3. The number of hydrogen-bond donors (Lipinski definition) is 2. The lowest BCUT2D eigenvalue weighted by atomic mass is 10.1. The molecule has 1 atom stereocenters. The number of carbonyl (C=O) groups is 1. The zero-order valence-corrected chi connectivity index (χ0v) is 9.55. The molecule has 0 aliphatic rings. The van der Waals surface area contributed by atoms with Crippen molar-refractivity contribution in [3.05, 3.63) is 36.5 Å². The summed E-state index contributed by atoms with van der Waals surface area (Å²) in [7, 11) is 0. The minimum Gasteiger partial charge on any atom is -0.481 e. The minimum atomic E-state index is -0.802. The molecule has 2 rings (SSSR count). The van der Waals surface area contributed by atoms with Gasteiger partial charge in [-0.15, -0.1) is 0 Å². The van der Waals surface area contributed by atoms with E-state index in [0.717, 1.165) is 16.6 Å². The number of nitrogens with zero attached hydrogens (tertiary/aromatic N) is 1. The molecular weight excluding hydrogens is 216 g/mol. The van der Waals surface area contributed by atoms with Gasteiger partial charge in [-0.05, 0) is 19.1 Å². The third-order valence-electron chi connectivity index (χ3n) is 2.53. The van der Waals surface area contributed by atoms with E-state index in [4.69, 9.17) is 5.11 Å². The van der Waals surface area contributed by atoms with Gasteiger partial charge in [0, 0.05) is 23.3 Å². The van der Waals surface area contributed by atoms with Crippen LogP contribution in [-0.2, 0) is 4.79 Å². The molecule has 1 aromatic carbocycles. The molecule has 17 heavy (non-hydrogen) atoms. The highest BCUT2D eigenvalue weighted by Crippen LogP contribution is 2.21. The topological polar surface area (TPSA) is 62.2 Å². The molecule has 2 aromatic rings. The SMILES string of the molecule is CC(CC(=O)O)Nc1ccnc2ccccc12. The lowest BCUT2D eigenvalue weighted by molar-refractivity contribution is -0.137. The Kier molecular flexibility index (Phi) is 3.23. The Morgan fingerprint density at radius 3 is 2.94 bits per heavy atom. The summed E-state index contributed by atoms with van der Waals surface area (Å²) in [5, 5.41) is 12.9. The van der Waals surface area contributed by atoms with Crippen molar-refractivity contribution in [3.63, 3.8) is 0 Å². The Bertz CT molecular complexity index is 534. The van der Waals surface area contributed by atoms with E-state index in [0.29, 0.717) is 0 Å². The smallest absolute Gasteiger partial charge is 0.305 e. The Labute approximate surface area is 99.3 Å². The van der Waals surface area contributed by atoms with Crippen LogP contribution in [-0.4, -0.2) is 22.1 Å². The van der Waals surface area contributed by atoms with Crippen LogP contribution in [0, 0.1) is 0 Å². The number of nitrogens with one attached hydrogen (secondary N) is 1. The van der Waals surface area contributed by atoms with Gasteiger partial charge in [0.25, 0.3) is 0 Å². The maximum atomic E-state index is 10.6. The van der Waals surface area contributed by atoms with E-state index in [2.05, 4.69) is 10.3 Å². The van der Waals surface area contributed by atoms with Gasteiger partial charge in [0.05, 0.1) is 11.9 Å². The van der Waals surface area contributed by atoms with Gasteiger partial charge < -0.3 is 10.4 Å². The second kappa shape index (κ2) is 4.82. The maximum Gasteiger partial charge on any atom is 0.305 e. The van der Waals surface area contributed by atoms with Crippen molar-refractivity contribution >= 4 is 22.6 Å². The van der Waals surface area contributed by atoms with Gasteiger partial charge in [-0.2, -0.15) is 0 Å². The van der Waals surface area contributed by atoms with Crippen LogP contribution in [0.4, 0.5) is 5.69 Å². The fraction of sp³-hybridized carbons (Fsp3) is 0.231. The van der Waals surface area contributed by atoms with Crippen LogP contribution >= 0.6 is 0 Å². The number of para-hydroxylation sites is 1. The Balaban J connectivity index is 2.26. The monoisotopic (exact) mass is 230 g/mol. The van der Waals surface area contributed by atoms with Crippen LogP contribution in [0.3, 0.4) is 0 Å². The molecule has 0 aliphatic heterocycles. The number of rotatable bonds is 4. The van der Waals surface area contributed by atoms with E-state index >= 15 is 0 Å². The van der Waals surface area contributed by atoms with E-state index in [9.17, 15) is 4.79 Å². The number of fused-ring (bicyclic) bond motifs is 1. The molecule has 4 heteroatoms. The quantitative estimate of drug-likeness (QED) is 0.847. The summed E-state index contributed by atoms with van der Waals surface area (Å²) >= 11 is 0. The zero-order chi connectivity index (χ0) is 12.3. The van der Waals surface area contributed by atoms with E-state index < -0.39 is 5.97 Å². The largest absolute Gasteiger partial charge is 0.481 e. The number of carboxylic acid groups (broad SMARTS) is 1. The van der Waals surface area contributed by atoms with Crippen molar-refractivity contribution in [1.29, 1.82) is 0 Å². The van der Waals surface area contributed by atoms with Crippen LogP contribution in [0.5, 0.6) is 0 Å². The summed E-state index contributed by atoms with van der Waals surface area (Å²) in [4.78, 5) is 14.9. The zero-order valence-electron chi connectivity index (χ0n) is 9.55. The predicted molar refractivity (Wildman–Crippen MR) is 67.1 cm³/mol. The normalized spacial score (nSPS) is 12.3. The van der Waals surface area contributed by atoms with E-state index in [1.807, 2.05) is 37.3 Å². The molecule has 0 amide bonds. The molecule has 2 N–H and O–H groups in total. The number of pyridine rings is 1. The lowest BCUT2D eigenvalue weighted by Crippen LogP contribution is -2.19. The van der Waals surface area contributed by atoms with Gasteiger partial charge in [0.1, 0.15) is 0 Å². The average molecular weight is 230 g/mol. The summed E-state index contributed by atoms with van der Waals surface area (Å²) in [6, 6.07) is 9.52. The third kappa shape index (κ3) is 2.72. The first-order valence-corrected chi connectivity index (χ1v) is 5.49. The average Bonchev–Trinajstić information content (AvgIpc) is 2.28. The fourth-order valence-electron chi connectivity index (χ4n) is 1.80. The molecule has 4 nitrogen and oxygen atoms in total. The molecule has 88 valence electrons. The van der Waals surface area contributed by atoms with Gasteiger partial charge in [-0.1, -0.05) is 18.2 Å². The molecule has 0 radical (unpaired) electrons. The molecule has 0 aliphatic carbocycles. The molecule has 0 saturated carbocycles. The molecule has 0 bridgehead atoms. The minimum absolute atomic E-state index is 0.0939. The second-order valence-electron chi connectivity index (χ2n) is 4.02. The first-order chi connectivity index (χ1) is 8.16. The molecule has 0 spiro atoms. The van der Waals surface area contributed by atoms with Crippen molar-refractivity contribution in [2.45, 2.75) is 19.4 Å². The van der Waals surface area contributed by atoms with Gasteiger partial charge in [0.15, 0.2) is 0 Å². The van der Waals surface area contributed by atoms with Crippen LogP contribution in [0.15, 0.2) is 36.5 Å². The fourth-order valence-corrected chi connectivity index (χ4v) is 1.80. The van der Waals surface area contributed by atoms with Crippen molar-refractivity contribution in [1.82, 2.24) is 4.98 Å². The first-order valence-electron chi connectivity index (χ1n) is 5.49. The molecule has 1 aromatic heterocycles.